The number of methoxy groups -OCH3 is 1. The summed E-state index contributed by atoms with van der Waals surface area (Å²) in [6.45, 7) is 2.25. The first-order valence-corrected chi connectivity index (χ1v) is 9.27. The molecule has 7 heteroatoms. The molecule has 0 bridgehead atoms. The Morgan fingerprint density at radius 1 is 1.14 bits per heavy atom. The van der Waals surface area contributed by atoms with Crippen molar-refractivity contribution >= 4 is 22.7 Å². The fourth-order valence-corrected chi connectivity index (χ4v) is 3.03. The van der Waals surface area contributed by atoms with Gasteiger partial charge >= 0.3 is 0 Å². The summed E-state index contributed by atoms with van der Waals surface area (Å²) in [5.41, 5.74) is 2.15. The third-order valence-electron chi connectivity index (χ3n) is 4.58. The first kappa shape index (κ1) is 19.4. The Kier molecular flexibility index (Phi) is 6.26. The minimum atomic E-state index is -0.299. The number of aromatic amines is 1. The second-order valence-corrected chi connectivity index (χ2v) is 6.43. The van der Waals surface area contributed by atoms with Crippen LogP contribution >= 0.6 is 0 Å². The zero-order valence-corrected chi connectivity index (χ0v) is 16.0. The quantitative estimate of drug-likeness (QED) is 0.560. The van der Waals surface area contributed by atoms with Crippen LogP contribution in [0.4, 0.5) is 0 Å². The predicted octanol–water partition coefficient (Wildman–Crippen LogP) is 2.96. The van der Waals surface area contributed by atoms with E-state index in [4.69, 9.17) is 4.74 Å². The van der Waals surface area contributed by atoms with E-state index < -0.39 is 0 Å². The molecule has 146 valence electrons. The maximum atomic E-state index is 12.3. The van der Waals surface area contributed by atoms with E-state index in [1.54, 1.807) is 7.11 Å². The molecule has 1 aromatic heterocycles. The molecule has 0 fully saturated rings. The van der Waals surface area contributed by atoms with Crippen LogP contribution in [0.3, 0.4) is 0 Å². The van der Waals surface area contributed by atoms with Crippen LogP contribution < -0.4 is 15.4 Å². The van der Waals surface area contributed by atoms with Gasteiger partial charge in [0.2, 0.25) is 5.91 Å². The maximum Gasteiger partial charge on any atom is 0.272 e. The Balaban J connectivity index is 1.51. The van der Waals surface area contributed by atoms with Crippen LogP contribution in [0, 0.1) is 0 Å². The molecule has 2 amide bonds. The number of hydrogen-bond acceptors (Lipinski definition) is 4. The SMILES string of the molecule is CCC(NC(=O)CCNC(=O)c1n[nH]c2ccccc12)c1ccc(OC)cc1. The second kappa shape index (κ2) is 9.03. The van der Waals surface area contributed by atoms with Crippen molar-refractivity contribution in [2.75, 3.05) is 13.7 Å². The van der Waals surface area contributed by atoms with E-state index in [2.05, 4.69) is 20.8 Å². The van der Waals surface area contributed by atoms with Gasteiger partial charge in [0, 0.05) is 18.4 Å². The van der Waals surface area contributed by atoms with Gasteiger partial charge in [0.15, 0.2) is 5.69 Å². The van der Waals surface area contributed by atoms with Crippen molar-refractivity contribution in [3.05, 3.63) is 59.8 Å². The van der Waals surface area contributed by atoms with E-state index in [1.807, 2.05) is 55.5 Å². The normalized spacial score (nSPS) is 11.8. The highest BCUT2D eigenvalue weighted by atomic mass is 16.5. The predicted molar refractivity (Wildman–Crippen MR) is 107 cm³/mol. The molecule has 0 radical (unpaired) electrons. The molecule has 2 aromatic carbocycles. The highest BCUT2D eigenvalue weighted by molar-refractivity contribution is 6.04. The van der Waals surface area contributed by atoms with E-state index in [0.29, 0.717) is 5.69 Å². The summed E-state index contributed by atoms with van der Waals surface area (Å²) < 4.78 is 5.16. The molecule has 1 atom stereocenters. The fraction of sp³-hybridized carbons (Fsp3) is 0.286. The van der Waals surface area contributed by atoms with Crippen molar-refractivity contribution in [2.24, 2.45) is 0 Å². The Bertz CT molecular complexity index is 950. The van der Waals surface area contributed by atoms with E-state index in [0.717, 1.165) is 28.6 Å². The van der Waals surface area contributed by atoms with Gasteiger partial charge < -0.3 is 15.4 Å². The lowest BCUT2D eigenvalue weighted by atomic mass is 10.0. The van der Waals surface area contributed by atoms with Crippen molar-refractivity contribution in [3.63, 3.8) is 0 Å². The molecule has 0 aliphatic rings. The van der Waals surface area contributed by atoms with Gasteiger partial charge in [-0.1, -0.05) is 37.3 Å². The minimum absolute atomic E-state index is 0.0793. The van der Waals surface area contributed by atoms with Crippen LogP contribution in [-0.2, 0) is 4.79 Å². The number of carbonyl (C=O) groups is 2. The molecular weight excluding hydrogens is 356 g/mol. The molecule has 28 heavy (non-hydrogen) atoms. The summed E-state index contributed by atoms with van der Waals surface area (Å²) in [4.78, 5) is 24.6. The van der Waals surface area contributed by atoms with Crippen molar-refractivity contribution in [2.45, 2.75) is 25.8 Å². The minimum Gasteiger partial charge on any atom is -0.497 e. The summed E-state index contributed by atoms with van der Waals surface area (Å²) in [6, 6.07) is 15.0. The van der Waals surface area contributed by atoms with E-state index in [9.17, 15) is 9.59 Å². The molecule has 3 aromatic rings. The number of ether oxygens (including phenoxy) is 1. The van der Waals surface area contributed by atoms with Gasteiger partial charge in [-0.3, -0.25) is 14.7 Å². The smallest absolute Gasteiger partial charge is 0.272 e. The third-order valence-corrected chi connectivity index (χ3v) is 4.58. The molecule has 0 aliphatic heterocycles. The zero-order chi connectivity index (χ0) is 19.9. The van der Waals surface area contributed by atoms with Gasteiger partial charge in [0.05, 0.1) is 18.7 Å². The van der Waals surface area contributed by atoms with Gasteiger partial charge in [0.25, 0.3) is 5.91 Å². The van der Waals surface area contributed by atoms with Crippen LogP contribution in [0.5, 0.6) is 5.75 Å². The summed E-state index contributed by atoms with van der Waals surface area (Å²) in [7, 11) is 1.62. The van der Waals surface area contributed by atoms with Crippen molar-refractivity contribution in [1.82, 2.24) is 20.8 Å². The zero-order valence-electron chi connectivity index (χ0n) is 16.0. The number of hydrogen-bond donors (Lipinski definition) is 3. The largest absolute Gasteiger partial charge is 0.497 e. The number of para-hydroxylation sites is 1. The molecule has 0 spiro atoms. The number of nitrogens with one attached hydrogen (secondary N) is 3. The molecule has 1 heterocycles. The average Bonchev–Trinajstić information content (AvgIpc) is 3.16. The van der Waals surface area contributed by atoms with Gasteiger partial charge in [0.1, 0.15) is 5.75 Å². The molecular formula is C21H24N4O3. The average molecular weight is 380 g/mol. The van der Waals surface area contributed by atoms with Gasteiger partial charge in [-0.25, -0.2) is 0 Å². The first-order valence-electron chi connectivity index (χ1n) is 9.27. The first-order chi connectivity index (χ1) is 13.6. The number of benzene rings is 2. The van der Waals surface area contributed by atoms with Gasteiger partial charge in [-0.2, -0.15) is 5.10 Å². The summed E-state index contributed by atoms with van der Waals surface area (Å²) >= 11 is 0. The molecule has 0 saturated carbocycles. The maximum absolute atomic E-state index is 12.3. The lowest BCUT2D eigenvalue weighted by molar-refractivity contribution is -0.121. The van der Waals surface area contributed by atoms with Crippen LogP contribution in [0.25, 0.3) is 10.9 Å². The molecule has 7 nitrogen and oxygen atoms in total. The van der Waals surface area contributed by atoms with Crippen LogP contribution in [0.1, 0.15) is 41.9 Å². The highest BCUT2D eigenvalue weighted by Gasteiger charge is 2.15. The fourth-order valence-electron chi connectivity index (χ4n) is 3.03. The number of aromatic nitrogens is 2. The van der Waals surface area contributed by atoms with E-state index >= 15 is 0 Å². The number of amides is 2. The second-order valence-electron chi connectivity index (χ2n) is 6.43. The third kappa shape index (κ3) is 4.49. The van der Waals surface area contributed by atoms with Crippen LogP contribution in [0.15, 0.2) is 48.5 Å². The van der Waals surface area contributed by atoms with Crippen molar-refractivity contribution in [3.8, 4) is 5.75 Å². The Morgan fingerprint density at radius 2 is 1.89 bits per heavy atom. The van der Waals surface area contributed by atoms with E-state index in [-0.39, 0.29) is 30.8 Å². The molecule has 0 aliphatic carbocycles. The van der Waals surface area contributed by atoms with Gasteiger partial charge in [-0.05, 0) is 30.2 Å². The highest BCUT2D eigenvalue weighted by Crippen LogP contribution is 2.20. The monoisotopic (exact) mass is 380 g/mol. The summed E-state index contributed by atoms with van der Waals surface area (Å²) in [6.07, 6.45) is 0.963. The number of nitrogens with zero attached hydrogens (tertiary/aromatic N) is 1. The number of H-pyrrole nitrogens is 1. The Labute approximate surface area is 163 Å². The topological polar surface area (TPSA) is 96.1 Å². The number of rotatable bonds is 8. The lowest BCUT2D eigenvalue weighted by Crippen LogP contribution is -2.33. The number of carbonyl (C=O) groups excluding carboxylic acids is 2. The Morgan fingerprint density at radius 3 is 2.61 bits per heavy atom. The molecule has 3 rings (SSSR count). The van der Waals surface area contributed by atoms with E-state index in [1.165, 1.54) is 0 Å². The molecule has 3 N–H and O–H groups in total. The number of fused-ring (bicyclic) bond motifs is 1. The van der Waals surface area contributed by atoms with Crippen molar-refractivity contribution in [1.29, 1.82) is 0 Å². The Hall–Kier alpha value is -3.35. The van der Waals surface area contributed by atoms with Crippen molar-refractivity contribution < 1.29 is 14.3 Å². The van der Waals surface area contributed by atoms with Gasteiger partial charge in [-0.15, -0.1) is 0 Å². The van der Waals surface area contributed by atoms with Crippen LogP contribution in [0.2, 0.25) is 0 Å². The summed E-state index contributed by atoms with van der Waals surface area (Å²) in [5.74, 6) is 0.362. The summed E-state index contributed by atoms with van der Waals surface area (Å²) in [5, 5.41) is 13.4. The standard InChI is InChI=1S/C21H24N4O3/c1-3-17(14-8-10-15(28-2)11-9-14)23-19(26)12-13-22-21(27)20-16-6-4-5-7-18(16)24-25-20/h4-11,17H,3,12-13H2,1-2H3,(H,22,27)(H,23,26)(H,24,25). The van der Waals surface area contributed by atoms with Crippen LogP contribution in [-0.4, -0.2) is 35.7 Å². The lowest BCUT2D eigenvalue weighted by Gasteiger charge is -2.18. The molecule has 0 saturated heterocycles. The molecule has 1 unspecified atom stereocenters.